The Hall–Kier alpha value is -1.70. The monoisotopic (exact) mass is 372 g/mol. The molecule has 24 heavy (non-hydrogen) atoms. The Morgan fingerprint density at radius 2 is 2.04 bits per heavy atom. The summed E-state index contributed by atoms with van der Waals surface area (Å²) in [6.07, 6.45) is 4.09. The van der Waals surface area contributed by atoms with E-state index in [2.05, 4.69) is 4.98 Å². The average Bonchev–Trinajstić information content (AvgIpc) is 2.52. The normalized spacial score (nSPS) is 11.5. The minimum atomic E-state index is -3.48. The van der Waals surface area contributed by atoms with Crippen LogP contribution in [0.15, 0.2) is 29.4 Å². The van der Waals surface area contributed by atoms with E-state index < -0.39 is 15.7 Å². The van der Waals surface area contributed by atoms with E-state index in [9.17, 15) is 12.8 Å². The molecule has 0 atom stereocenters. The Morgan fingerprint density at radius 3 is 2.62 bits per heavy atom. The van der Waals surface area contributed by atoms with Gasteiger partial charge in [0.1, 0.15) is 5.75 Å². The molecule has 0 aliphatic rings. The molecule has 1 aromatic heterocycles. The van der Waals surface area contributed by atoms with Gasteiger partial charge in [-0.3, -0.25) is 4.98 Å². The van der Waals surface area contributed by atoms with Gasteiger partial charge in [-0.05, 0) is 37.6 Å². The lowest BCUT2D eigenvalue weighted by atomic mass is 10.00. The summed E-state index contributed by atoms with van der Waals surface area (Å²) < 4.78 is 43.8. The second kappa shape index (κ2) is 7.46. The van der Waals surface area contributed by atoms with Crippen LogP contribution >= 0.6 is 11.6 Å². The number of aromatic nitrogens is 1. The number of hydrogen-bond acceptors (Lipinski definition) is 5. The molecule has 0 bridgehead atoms. The van der Waals surface area contributed by atoms with Crippen LogP contribution in [-0.2, 0) is 16.3 Å². The first-order valence-corrected chi connectivity index (χ1v) is 9.55. The van der Waals surface area contributed by atoms with E-state index in [1.807, 2.05) is 0 Å². The molecule has 0 aliphatic heterocycles. The predicted molar refractivity (Wildman–Crippen MR) is 91.7 cm³/mol. The van der Waals surface area contributed by atoms with Gasteiger partial charge in [-0.2, -0.15) is 0 Å². The molecule has 0 unspecified atom stereocenters. The number of sulfone groups is 1. The number of benzene rings is 1. The van der Waals surface area contributed by atoms with Crippen molar-refractivity contribution in [2.75, 3.05) is 19.4 Å². The van der Waals surface area contributed by atoms with Gasteiger partial charge in [-0.1, -0.05) is 11.6 Å². The standard InChI is InChI=1S/C16H18ClFN2O3S/c1-3-23-16-10(4-5-19)7-13(17)15(18)14(16)11-6-12(9-20-8-11)24(2,21)22/h6-9H,3-5,19H2,1-2H3. The van der Waals surface area contributed by atoms with Crippen molar-refractivity contribution in [2.45, 2.75) is 18.2 Å². The molecule has 0 saturated carbocycles. The van der Waals surface area contributed by atoms with Crippen molar-refractivity contribution in [3.05, 3.63) is 40.9 Å². The molecule has 0 spiro atoms. The molecule has 5 nitrogen and oxygen atoms in total. The summed E-state index contributed by atoms with van der Waals surface area (Å²) in [7, 11) is -3.48. The lowest BCUT2D eigenvalue weighted by Crippen LogP contribution is -2.08. The summed E-state index contributed by atoms with van der Waals surface area (Å²) in [5.41, 5.74) is 6.62. The zero-order chi connectivity index (χ0) is 17.9. The molecule has 0 fully saturated rings. The van der Waals surface area contributed by atoms with Crippen molar-refractivity contribution >= 4 is 21.4 Å². The van der Waals surface area contributed by atoms with Crippen molar-refractivity contribution < 1.29 is 17.5 Å². The first-order valence-electron chi connectivity index (χ1n) is 7.28. The number of ether oxygens (including phenoxy) is 1. The molecule has 8 heteroatoms. The van der Waals surface area contributed by atoms with E-state index in [0.29, 0.717) is 30.9 Å². The molecular formula is C16H18ClFN2O3S. The number of pyridine rings is 1. The second-order valence-corrected chi connectivity index (χ2v) is 7.61. The fourth-order valence-corrected chi connectivity index (χ4v) is 3.15. The van der Waals surface area contributed by atoms with Gasteiger partial charge in [0.05, 0.1) is 22.1 Å². The Kier molecular flexibility index (Phi) is 5.79. The molecule has 0 aliphatic carbocycles. The zero-order valence-corrected chi connectivity index (χ0v) is 14.9. The van der Waals surface area contributed by atoms with Crippen LogP contribution in [0.5, 0.6) is 5.75 Å². The molecule has 2 aromatic rings. The molecular weight excluding hydrogens is 355 g/mol. The largest absolute Gasteiger partial charge is 0.493 e. The number of rotatable bonds is 6. The summed E-state index contributed by atoms with van der Waals surface area (Å²) in [6, 6.07) is 2.83. The topological polar surface area (TPSA) is 82.3 Å². The van der Waals surface area contributed by atoms with Crippen molar-refractivity contribution in [1.29, 1.82) is 0 Å². The summed E-state index contributed by atoms with van der Waals surface area (Å²) in [5, 5.41) is -0.0818. The van der Waals surface area contributed by atoms with E-state index in [1.165, 1.54) is 24.5 Å². The van der Waals surface area contributed by atoms with Crippen LogP contribution in [0.2, 0.25) is 5.02 Å². The fourth-order valence-electron chi connectivity index (χ4n) is 2.33. The molecule has 0 amide bonds. The van der Waals surface area contributed by atoms with Gasteiger partial charge in [-0.25, -0.2) is 12.8 Å². The number of nitrogens with two attached hydrogens (primary N) is 1. The van der Waals surface area contributed by atoms with E-state index in [1.54, 1.807) is 6.92 Å². The third kappa shape index (κ3) is 3.85. The quantitative estimate of drug-likeness (QED) is 0.843. The zero-order valence-electron chi connectivity index (χ0n) is 13.3. The number of nitrogens with zero attached hydrogens (tertiary/aromatic N) is 1. The molecule has 0 radical (unpaired) electrons. The Balaban J connectivity index is 2.77. The van der Waals surface area contributed by atoms with Crippen LogP contribution in [0.1, 0.15) is 12.5 Å². The van der Waals surface area contributed by atoms with Crippen molar-refractivity contribution in [1.82, 2.24) is 4.98 Å². The van der Waals surface area contributed by atoms with Gasteiger partial charge in [-0.15, -0.1) is 0 Å². The lowest BCUT2D eigenvalue weighted by Gasteiger charge is -2.17. The maximum Gasteiger partial charge on any atom is 0.177 e. The van der Waals surface area contributed by atoms with Gasteiger partial charge in [0.15, 0.2) is 15.7 Å². The average molecular weight is 373 g/mol. The maximum absolute atomic E-state index is 14.7. The highest BCUT2D eigenvalue weighted by Crippen LogP contribution is 2.40. The number of hydrogen-bond donors (Lipinski definition) is 1. The summed E-state index contributed by atoms with van der Waals surface area (Å²) in [5.74, 6) is -0.384. The fraction of sp³-hybridized carbons (Fsp3) is 0.312. The highest BCUT2D eigenvalue weighted by molar-refractivity contribution is 7.90. The number of halogens is 2. The predicted octanol–water partition coefficient (Wildman–Crippen LogP) is 2.84. The van der Waals surface area contributed by atoms with Crippen LogP contribution < -0.4 is 10.5 Å². The van der Waals surface area contributed by atoms with Crippen LogP contribution in [0.4, 0.5) is 4.39 Å². The van der Waals surface area contributed by atoms with Crippen LogP contribution in [0.25, 0.3) is 11.1 Å². The van der Waals surface area contributed by atoms with Gasteiger partial charge in [0, 0.05) is 24.2 Å². The maximum atomic E-state index is 14.7. The van der Waals surface area contributed by atoms with Gasteiger partial charge in [0.2, 0.25) is 0 Å². The van der Waals surface area contributed by atoms with Gasteiger partial charge < -0.3 is 10.5 Å². The molecule has 0 saturated heterocycles. The third-order valence-corrected chi connectivity index (χ3v) is 4.74. The summed E-state index contributed by atoms with van der Waals surface area (Å²) >= 11 is 6.00. The molecule has 130 valence electrons. The summed E-state index contributed by atoms with van der Waals surface area (Å²) in [4.78, 5) is 3.89. The van der Waals surface area contributed by atoms with E-state index in [0.717, 1.165) is 6.26 Å². The van der Waals surface area contributed by atoms with Crippen LogP contribution in [0, 0.1) is 5.82 Å². The molecule has 2 N–H and O–H groups in total. The van der Waals surface area contributed by atoms with Gasteiger partial charge in [0.25, 0.3) is 0 Å². The third-order valence-electron chi connectivity index (χ3n) is 3.38. The Bertz CT molecular complexity index is 857. The highest BCUT2D eigenvalue weighted by atomic mass is 35.5. The Labute approximate surface area is 145 Å². The first-order chi connectivity index (χ1) is 11.3. The SMILES string of the molecule is CCOc1c(CCN)cc(Cl)c(F)c1-c1cncc(S(C)(=O)=O)c1. The highest BCUT2D eigenvalue weighted by Gasteiger charge is 2.21. The first kappa shape index (κ1) is 18.6. The van der Waals surface area contributed by atoms with Crippen LogP contribution in [0.3, 0.4) is 0 Å². The summed E-state index contributed by atoms with van der Waals surface area (Å²) in [6.45, 7) is 2.42. The minimum absolute atomic E-state index is 0.0119. The van der Waals surface area contributed by atoms with Crippen LogP contribution in [-0.4, -0.2) is 32.8 Å². The van der Waals surface area contributed by atoms with E-state index >= 15 is 0 Å². The lowest BCUT2D eigenvalue weighted by molar-refractivity contribution is 0.336. The molecule has 1 heterocycles. The van der Waals surface area contributed by atoms with Crippen molar-refractivity contribution in [2.24, 2.45) is 5.73 Å². The van der Waals surface area contributed by atoms with Crippen molar-refractivity contribution in [3.63, 3.8) is 0 Å². The molecule has 2 rings (SSSR count). The smallest absolute Gasteiger partial charge is 0.177 e. The molecule has 1 aromatic carbocycles. The Morgan fingerprint density at radius 1 is 1.33 bits per heavy atom. The van der Waals surface area contributed by atoms with Crippen molar-refractivity contribution in [3.8, 4) is 16.9 Å². The van der Waals surface area contributed by atoms with E-state index in [4.69, 9.17) is 22.1 Å². The minimum Gasteiger partial charge on any atom is -0.493 e. The van der Waals surface area contributed by atoms with Gasteiger partial charge >= 0.3 is 0 Å². The van der Waals surface area contributed by atoms with E-state index in [-0.39, 0.29) is 21.0 Å². The second-order valence-electron chi connectivity index (χ2n) is 5.19.